The van der Waals surface area contributed by atoms with Crippen LogP contribution in [0.2, 0.25) is 0 Å². The number of aryl methyl sites for hydroxylation is 1. The second-order valence-corrected chi connectivity index (χ2v) is 7.55. The van der Waals surface area contributed by atoms with Gasteiger partial charge in [0.2, 0.25) is 17.6 Å². The zero-order valence-corrected chi connectivity index (χ0v) is 17.8. The molecular formula is C22H21N5O3S. The van der Waals surface area contributed by atoms with Crippen molar-refractivity contribution in [3.05, 3.63) is 65.1 Å². The molecule has 4 rings (SSSR count). The molecule has 0 aliphatic carbocycles. The van der Waals surface area contributed by atoms with E-state index < -0.39 is 0 Å². The molecule has 0 aliphatic heterocycles. The number of carbonyl (C=O) groups is 1. The molecular weight excluding hydrogens is 414 g/mol. The van der Waals surface area contributed by atoms with E-state index in [4.69, 9.17) is 9.26 Å². The number of benzene rings is 1. The van der Waals surface area contributed by atoms with Crippen LogP contribution in [0, 0.1) is 0 Å². The first-order valence-corrected chi connectivity index (χ1v) is 10.8. The van der Waals surface area contributed by atoms with Crippen LogP contribution in [0.25, 0.3) is 22.6 Å². The number of rotatable bonds is 9. The molecule has 31 heavy (non-hydrogen) atoms. The summed E-state index contributed by atoms with van der Waals surface area (Å²) in [4.78, 5) is 25.1. The molecule has 0 bridgehead atoms. The molecule has 158 valence electrons. The average molecular weight is 436 g/mol. The summed E-state index contributed by atoms with van der Waals surface area (Å²) in [5, 5.41) is 9.69. The van der Waals surface area contributed by atoms with Crippen LogP contribution < -0.4 is 10.1 Å². The smallest absolute Gasteiger partial charge is 0.227 e. The van der Waals surface area contributed by atoms with Crippen molar-refractivity contribution in [1.82, 2.24) is 25.4 Å². The molecule has 9 heteroatoms. The fourth-order valence-corrected chi connectivity index (χ4v) is 3.61. The Labute approximate surface area is 183 Å². The van der Waals surface area contributed by atoms with Gasteiger partial charge in [0.05, 0.1) is 18.8 Å². The highest BCUT2D eigenvalue weighted by molar-refractivity contribution is 7.09. The molecule has 0 aliphatic rings. The Morgan fingerprint density at radius 1 is 1.10 bits per heavy atom. The van der Waals surface area contributed by atoms with Crippen LogP contribution in [-0.2, 0) is 17.8 Å². The van der Waals surface area contributed by atoms with Gasteiger partial charge in [-0.15, -0.1) is 11.3 Å². The quantitative estimate of drug-likeness (QED) is 0.425. The monoisotopic (exact) mass is 435 g/mol. The van der Waals surface area contributed by atoms with E-state index in [9.17, 15) is 4.79 Å². The summed E-state index contributed by atoms with van der Waals surface area (Å²) in [5.74, 6) is 1.61. The van der Waals surface area contributed by atoms with E-state index in [1.165, 1.54) is 11.3 Å². The van der Waals surface area contributed by atoms with Crippen molar-refractivity contribution in [3.8, 4) is 28.4 Å². The van der Waals surface area contributed by atoms with Gasteiger partial charge >= 0.3 is 0 Å². The van der Waals surface area contributed by atoms with Crippen molar-refractivity contribution in [2.45, 2.75) is 26.3 Å². The molecule has 3 heterocycles. The minimum absolute atomic E-state index is 0.0959. The highest BCUT2D eigenvalue weighted by Crippen LogP contribution is 2.22. The number of thiazole rings is 1. The first kappa shape index (κ1) is 20.7. The fraction of sp³-hybridized carbons (Fsp3) is 0.227. The van der Waals surface area contributed by atoms with E-state index in [1.807, 2.05) is 48.7 Å². The highest BCUT2D eigenvalue weighted by atomic mass is 32.1. The normalized spacial score (nSPS) is 10.7. The topological polar surface area (TPSA) is 103 Å². The summed E-state index contributed by atoms with van der Waals surface area (Å²) in [6, 6.07) is 11.3. The molecule has 0 unspecified atom stereocenters. The van der Waals surface area contributed by atoms with Crippen LogP contribution in [0.5, 0.6) is 5.75 Å². The zero-order valence-electron chi connectivity index (χ0n) is 16.9. The SMILES string of the molecule is CCOc1ccc(-c2noc(CCC(=O)NCc3nc(-c4ccncc4)cs3)n2)cc1. The second-order valence-electron chi connectivity index (χ2n) is 6.61. The number of hydrogen-bond acceptors (Lipinski definition) is 8. The zero-order chi connectivity index (χ0) is 21.5. The molecule has 3 aromatic heterocycles. The van der Waals surface area contributed by atoms with Crippen molar-refractivity contribution < 1.29 is 14.1 Å². The van der Waals surface area contributed by atoms with Crippen molar-refractivity contribution in [2.75, 3.05) is 6.61 Å². The molecule has 0 radical (unpaired) electrons. The molecule has 4 aromatic rings. The minimum atomic E-state index is -0.0959. The third-order valence-corrected chi connectivity index (χ3v) is 5.27. The first-order valence-electron chi connectivity index (χ1n) is 9.88. The van der Waals surface area contributed by atoms with Gasteiger partial charge in [-0.1, -0.05) is 5.16 Å². The van der Waals surface area contributed by atoms with Crippen molar-refractivity contribution in [1.29, 1.82) is 0 Å². The number of pyridine rings is 1. The van der Waals surface area contributed by atoms with Gasteiger partial charge in [0.25, 0.3) is 0 Å². The Morgan fingerprint density at radius 2 is 1.90 bits per heavy atom. The lowest BCUT2D eigenvalue weighted by molar-refractivity contribution is -0.121. The van der Waals surface area contributed by atoms with Crippen LogP contribution in [0.4, 0.5) is 0 Å². The maximum Gasteiger partial charge on any atom is 0.227 e. The Hall–Kier alpha value is -3.59. The molecule has 8 nitrogen and oxygen atoms in total. The highest BCUT2D eigenvalue weighted by Gasteiger charge is 2.12. The predicted octanol–water partition coefficient (Wildman–Crippen LogP) is 3.90. The number of carbonyl (C=O) groups excluding carboxylic acids is 1. The van der Waals surface area contributed by atoms with E-state index >= 15 is 0 Å². The van der Waals surface area contributed by atoms with E-state index in [-0.39, 0.29) is 12.3 Å². The van der Waals surface area contributed by atoms with Crippen LogP contribution in [0.1, 0.15) is 24.2 Å². The largest absolute Gasteiger partial charge is 0.494 e. The molecule has 0 spiro atoms. The second kappa shape index (κ2) is 9.94. The van der Waals surface area contributed by atoms with Gasteiger partial charge < -0.3 is 14.6 Å². The summed E-state index contributed by atoms with van der Waals surface area (Å²) < 4.78 is 10.7. The van der Waals surface area contributed by atoms with Gasteiger partial charge in [-0.05, 0) is 43.3 Å². The Bertz CT molecular complexity index is 1130. The number of ether oxygens (including phenoxy) is 1. The summed E-state index contributed by atoms with van der Waals surface area (Å²) in [5.41, 5.74) is 2.71. The first-order chi connectivity index (χ1) is 15.2. The van der Waals surface area contributed by atoms with Crippen LogP contribution in [0.15, 0.2) is 58.7 Å². The lowest BCUT2D eigenvalue weighted by Gasteiger charge is -2.02. The maximum absolute atomic E-state index is 12.2. The van der Waals surface area contributed by atoms with Gasteiger partial charge in [0.1, 0.15) is 10.8 Å². The van der Waals surface area contributed by atoms with Crippen molar-refractivity contribution in [3.63, 3.8) is 0 Å². The summed E-state index contributed by atoms with van der Waals surface area (Å²) in [7, 11) is 0. The number of amides is 1. The molecule has 0 fully saturated rings. The molecule has 1 aromatic carbocycles. The molecule has 1 N–H and O–H groups in total. The van der Waals surface area contributed by atoms with E-state index in [0.29, 0.717) is 31.3 Å². The number of nitrogens with one attached hydrogen (secondary N) is 1. The average Bonchev–Trinajstić information content (AvgIpc) is 3.48. The minimum Gasteiger partial charge on any atom is -0.494 e. The van der Waals surface area contributed by atoms with Gasteiger partial charge in [0.15, 0.2) is 0 Å². The predicted molar refractivity (Wildman–Crippen MR) is 116 cm³/mol. The Morgan fingerprint density at radius 3 is 2.68 bits per heavy atom. The third kappa shape index (κ3) is 5.52. The van der Waals surface area contributed by atoms with Gasteiger partial charge in [-0.3, -0.25) is 9.78 Å². The van der Waals surface area contributed by atoms with E-state index in [2.05, 4.69) is 25.4 Å². The maximum atomic E-state index is 12.2. The molecule has 1 amide bonds. The van der Waals surface area contributed by atoms with Crippen LogP contribution >= 0.6 is 11.3 Å². The van der Waals surface area contributed by atoms with Crippen LogP contribution in [-0.4, -0.2) is 32.6 Å². The van der Waals surface area contributed by atoms with Crippen molar-refractivity contribution >= 4 is 17.2 Å². The number of aromatic nitrogens is 4. The van der Waals surface area contributed by atoms with Crippen LogP contribution in [0.3, 0.4) is 0 Å². The van der Waals surface area contributed by atoms with E-state index in [1.54, 1.807) is 12.4 Å². The summed E-state index contributed by atoms with van der Waals surface area (Å²) in [6.45, 7) is 2.93. The van der Waals surface area contributed by atoms with Gasteiger partial charge in [-0.2, -0.15) is 4.98 Å². The summed E-state index contributed by atoms with van der Waals surface area (Å²) >= 11 is 1.51. The third-order valence-electron chi connectivity index (χ3n) is 4.42. The van der Waals surface area contributed by atoms with Gasteiger partial charge in [0, 0.05) is 41.7 Å². The Balaban J connectivity index is 1.25. The standard InChI is InChI=1S/C22H21N5O3S/c1-2-29-17-5-3-16(4-6-17)22-26-20(30-27-22)8-7-19(28)24-13-21-25-18(14-31-21)15-9-11-23-12-10-15/h3-6,9-12,14H,2,7-8,13H2,1H3,(H,24,28). The van der Waals surface area contributed by atoms with E-state index in [0.717, 1.165) is 27.6 Å². The summed E-state index contributed by atoms with van der Waals surface area (Å²) in [6.07, 6.45) is 4.09. The molecule has 0 saturated carbocycles. The Kier molecular flexibility index (Phi) is 6.63. The number of hydrogen-bond donors (Lipinski definition) is 1. The lowest BCUT2D eigenvalue weighted by Crippen LogP contribution is -2.22. The van der Waals surface area contributed by atoms with Crippen molar-refractivity contribution in [2.24, 2.45) is 0 Å². The fourth-order valence-electron chi connectivity index (χ4n) is 2.87. The lowest BCUT2D eigenvalue weighted by atomic mass is 10.2. The molecule has 0 atom stereocenters. The number of nitrogens with zero attached hydrogens (tertiary/aromatic N) is 4. The van der Waals surface area contributed by atoms with Gasteiger partial charge in [-0.25, -0.2) is 4.98 Å². The molecule has 0 saturated heterocycles.